The van der Waals surface area contributed by atoms with Gasteiger partial charge in [-0.1, -0.05) is 18.2 Å². The molecule has 0 amide bonds. The fourth-order valence-corrected chi connectivity index (χ4v) is 1.18. The van der Waals surface area contributed by atoms with Crippen molar-refractivity contribution in [1.29, 1.82) is 0 Å². The number of benzene rings is 1. The Morgan fingerprint density at radius 2 is 2.27 bits per heavy atom. The van der Waals surface area contributed by atoms with E-state index in [0.717, 1.165) is 0 Å². The van der Waals surface area contributed by atoms with Crippen LogP contribution >= 0.6 is 12.2 Å². The molecule has 0 saturated heterocycles. The number of halogens is 1. The molecule has 0 radical (unpaired) electrons. The number of rotatable bonds is 2. The molecule has 1 N–H and O–H groups in total. The molecule has 0 unspecified atom stereocenters. The summed E-state index contributed by atoms with van der Waals surface area (Å²) in [6, 6.07) is 6.35. The third-order valence-electron chi connectivity index (χ3n) is 1.76. The number of hydrogen-bond donors (Lipinski definition) is 1. The summed E-state index contributed by atoms with van der Waals surface area (Å²) in [5, 5.41) is 10.2. The van der Waals surface area contributed by atoms with Crippen LogP contribution < -0.4 is 0 Å². The third-order valence-corrected chi connectivity index (χ3v) is 2.04. The number of nitrogens with one attached hydrogen (secondary N) is 1. The Balaban J connectivity index is 2.30. The molecule has 2 aromatic rings. The van der Waals surface area contributed by atoms with E-state index in [9.17, 15) is 4.39 Å². The molecule has 0 saturated carbocycles. The molecular weight excluding hydrogens is 215 g/mol. The number of aromatic nitrogens is 3. The van der Waals surface area contributed by atoms with Crippen LogP contribution in [-0.4, -0.2) is 21.1 Å². The summed E-state index contributed by atoms with van der Waals surface area (Å²) in [5.74, 6) is -0.323. The topological polar surface area (TPSA) is 46.0 Å². The number of H-pyrrole nitrogens is 1. The molecular formula is C9H7FN4S. The molecule has 1 heterocycles. The molecule has 0 spiro atoms. The number of aromatic amines is 1. The van der Waals surface area contributed by atoms with Crippen LogP contribution in [0.3, 0.4) is 0 Å². The first-order valence-electron chi connectivity index (χ1n) is 4.18. The molecule has 0 aliphatic rings. The Morgan fingerprint density at radius 1 is 1.47 bits per heavy atom. The predicted octanol–water partition coefficient (Wildman–Crippen LogP) is 1.96. The van der Waals surface area contributed by atoms with Gasteiger partial charge in [-0.25, -0.2) is 4.39 Å². The van der Waals surface area contributed by atoms with E-state index in [4.69, 9.17) is 12.2 Å². The van der Waals surface area contributed by atoms with Gasteiger partial charge in [0.05, 0.1) is 6.21 Å². The van der Waals surface area contributed by atoms with Crippen LogP contribution in [0.15, 0.2) is 35.7 Å². The first kappa shape index (κ1) is 9.72. The predicted molar refractivity (Wildman–Crippen MR) is 56.8 cm³/mol. The zero-order valence-corrected chi connectivity index (χ0v) is 8.41. The van der Waals surface area contributed by atoms with Crippen molar-refractivity contribution in [1.82, 2.24) is 14.9 Å². The lowest BCUT2D eigenvalue weighted by Crippen LogP contribution is -1.91. The smallest absolute Gasteiger partial charge is 0.216 e. The van der Waals surface area contributed by atoms with Crippen molar-refractivity contribution >= 4 is 18.4 Å². The lowest BCUT2D eigenvalue weighted by atomic mass is 10.2. The van der Waals surface area contributed by atoms with Crippen molar-refractivity contribution in [3.8, 4) is 0 Å². The molecule has 76 valence electrons. The monoisotopic (exact) mass is 222 g/mol. The molecule has 15 heavy (non-hydrogen) atoms. The van der Waals surface area contributed by atoms with E-state index in [-0.39, 0.29) is 5.82 Å². The molecule has 1 aromatic heterocycles. The second-order valence-electron chi connectivity index (χ2n) is 2.77. The molecule has 0 bridgehead atoms. The molecule has 6 heteroatoms. The SMILES string of the molecule is Fc1ccccc1/C=N/n1cn[nH]c1=S. The highest BCUT2D eigenvalue weighted by molar-refractivity contribution is 7.71. The van der Waals surface area contributed by atoms with Crippen molar-refractivity contribution < 1.29 is 4.39 Å². The summed E-state index contributed by atoms with van der Waals surface area (Å²) in [6.07, 6.45) is 2.81. The Bertz CT molecular complexity index is 543. The van der Waals surface area contributed by atoms with Crippen LogP contribution in [0.1, 0.15) is 5.56 Å². The average Bonchev–Trinajstić information content (AvgIpc) is 2.63. The van der Waals surface area contributed by atoms with E-state index < -0.39 is 0 Å². The molecule has 0 aliphatic carbocycles. The minimum atomic E-state index is -0.323. The van der Waals surface area contributed by atoms with E-state index in [1.165, 1.54) is 23.3 Å². The van der Waals surface area contributed by atoms with Crippen LogP contribution in [-0.2, 0) is 0 Å². The van der Waals surface area contributed by atoms with E-state index >= 15 is 0 Å². The minimum absolute atomic E-state index is 0.323. The summed E-state index contributed by atoms with van der Waals surface area (Å²) in [7, 11) is 0. The highest BCUT2D eigenvalue weighted by atomic mass is 32.1. The van der Waals surface area contributed by atoms with E-state index in [1.807, 2.05) is 0 Å². The zero-order valence-electron chi connectivity index (χ0n) is 7.59. The molecule has 0 atom stereocenters. The van der Waals surface area contributed by atoms with Gasteiger partial charge in [0.15, 0.2) is 0 Å². The van der Waals surface area contributed by atoms with Gasteiger partial charge in [-0.3, -0.25) is 5.10 Å². The fraction of sp³-hybridized carbons (Fsp3) is 0. The van der Waals surface area contributed by atoms with Gasteiger partial charge in [-0.15, -0.1) is 0 Å². The van der Waals surface area contributed by atoms with Crippen LogP contribution in [0.25, 0.3) is 0 Å². The second kappa shape index (κ2) is 4.14. The lowest BCUT2D eigenvalue weighted by Gasteiger charge is -1.94. The summed E-state index contributed by atoms with van der Waals surface area (Å²) in [5.41, 5.74) is 0.403. The average molecular weight is 222 g/mol. The highest BCUT2D eigenvalue weighted by Gasteiger charge is 1.96. The second-order valence-corrected chi connectivity index (χ2v) is 3.16. The largest absolute Gasteiger partial charge is 0.250 e. The molecule has 0 fully saturated rings. The van der Waals surface area contributed by atoms with Gasteiger partial charge >= 0.3 is 0 Å². The van der Waals surface area contributed by atoms with Crippen LogP contribution in [0.5, 0.6) is 0 Å². The fourth-order valence-electron chi connectivity index (χ4n) is 1.03. The zero-order chi connectivity index (χ0) is 10.7. The quantitative estimate of drug-likeness (QED) is 0.623. The number of hydrogen-bond acceptors (Lipinski definition) is 3. The maximum Gasteiger partial charge on any atom is 0.216 e. The lowest BCUT2D eigenvalue weighted by molar-refractivity contribution is 0.625. The highest BCUT2D eigenvalue weighted by Crippen LogP contribution is 2.03. The third kappa shape index (κ3) is 2.16. The number of nitrogens with zero attached hydrogens (tertiary/aromatic N) is 3. The Kier molecular flexibility index (Phi) is 2.68. The van der Waals surface area contributed by atoms with Crippen molar-refractivity contribution in [3.63, 3.8) is 0 Å². The summed E-state index contributed by atoms with van der Waals surface area (Å²) < 4.78 is 14.9. The maximum absolute atomic E-state index is 13.2. The Hall–Kier alpha value is -1.82. The maximum atomic E-state index is 13.2. The van der Waals surface area contributed by atoms with Gasteiger partial charge in [0.1, 0.15) is 12.1 Å². The Morgan fingerprint density at radius 3 is 2.93 bits per heavy atom. The van der Waals surface area contributed by atoms with Gasteiger partial charge in [-0.05, 0) is 18.3 Å². The first-order chi connectivity index (χ1) is 7.27. The summed E-state index contributed by atoms with van der Waals surface area (Å²) in [6.45, 7) is 0. The molecule has 2 rings (SSSR count). The van der Waals surface area contributed by atoms with Crippen molar-refractivity contribution in [2.75, 3.05) is 0 Å². The summed E-state index contributed by atoms with van der Waals surface area (Å²) >= 11 is 4.87. The van der Waals surface area contributed by atoms with Gasteiger partial charge in [0.2, 0.25) is 4.77 Å². The summed E-state index contributed by atoms with van der Waals surface area (Å²) in [4.78, 5) is 0. The van der Waals surface area contributed by atoms with E-state index in [1.54, 1.807) is 18.2 Å². The van der Waals surface area contributed by atoms with Crippen molar-refractivity contribution in [2.45, 2.75) is 0 Å². The minimum Gasteiger partial charge on any atom is -0.250 e. The van der Waals surface area contributed by atoms with Gasteiger partial charge in [0.25, 0.3) is 0 Å². The Labute approximate surface area is 90.1 Å². The molecule has 4 nitrogen and oxygen atoms in total. The van der Waals surface area contributed by atoms with Crippen LogP contribution in [0.4, 0.5) is 4.39 Å². The van der Waals surface area contributed by atoms with Crippen LogP contribution in [0, 0.1) is 10.6 Å². The van der Waals surface area contributed by atoms with Gasteiger partial charge in [0, 0.05) is 5.56 Å². The molecule has 1 aromatic carbocycles. The standard InChI is InChI=1S/C9H7FN4S/c10-8-4-2-1-3-7(8)5-12-14-6-11-13-9(14)15/h1-6H,(H,13,15)/b12-5+. The van der Waals surface area contributed by atoms with Crippen molar-refractivity contribution in [2.24, 2.45) is 5.10 Å². The van der Waals surface area contributed by atoms with Gasteiger partial charge < -0.3 is 0 Å². The van der Waals surface area contributed by atoms with Crippen LogP contribution in [0.2, 0.25) is 0 Å². The van der Waals surface area contributed by atoms with Gasteiger partial charge in [-0.2, -0.15) is 14.9 Å². The van der Waals surface area contributed by atoms with E-state index in [0.29, 0.717) is 10.3 Å². The van der Waals surface area contributed by atoms with Crippen molar-refractivity contribution in [3.05, 3.63) is 46.7 Å². The molecule has 0 aliphatic heterocycles. The first-order valence-corrected chi connectivity index (χ1v) is 4.59. The normalized spacial score (nSPS) is 11.0. The van der Waals surface area contributed by atoms with E-state index in [2.05, 4.69) is 15.3 Å².